The lowest BCUT2D eigenvalue weighted by atomic mass is 10.0. The quantitative estimate of drug-likeness (QED) is 0.497. The van der Waals surface area contributed by atoms with Crippen LogP contribution in [0, 0.1) is 11.7 Å². The van der Waals surface area contributed by atoms with Gasteiger partial charge in [-0.1, -0.05) is 18.3 Å². The van der Waals surface area contributed by atoms with Gasteiger partial charge in [-0.25, -0.2) is 17.8 Å². The topological polar surface area (TPSA) is 79.8 Å². The molecule has 0 bridgehead atoms. The van der Waals surface area contributed by atoms with Crippen LogP contribution < -0.4 is 4.74 Å². The summed E-state index contributed by atoms with van der Waals surface area (Å²) in [6, 6.07) is 10.7. The van der Waals surface area contributed by atoms with Crippen molar-refractivity contribution in [2.75, 3.05) is 26.2 Å². The van der Waals surface area contributed by atoms with E-state index >= 15 is 0 Å². The summed E-state index contributed by atoms with van der Waals surface area (Å²) >= 11 is 1.32. The second kappa shape index (κ2) is 9.83. The lowest BCUT2D eigenvalue weighted by Gasteiger charge is -2.31. The average Bonchev–Trinajstić information content (AvgIpc) is 3.25. The first-order chi connectivity index (χ1) is 16.8. The second-order valence-corrected chi connectivity index (χ2v) is 12.2. The van der Waals surface area contributed by atoms with Crippen LogP contribution in [0.5, 0.6) is 5.19 Å². The molecule has 0 saturated carbocycles. The second-order valence-electron chi connectivity index (χ2n) is 9.31. The largest absolute Gasteiger partial charge is 0.467 e. The van der Waals surface area contributed by atoms with Gasteiger partial charge in [-0.05, 0) is 61.2 Å². The van der Waals surface area contributed by atoms with E-state index in [1.807, 2.05) is 0 Å². The monoisotopic (exact) mass is 517 g/mol. The first-order valence-electron chi connectivity index (χ1n) is 11.9. The van der Waals surface area contributed by atoms with Gasteiger partial charge in [0.15, 0.2) is 0 Å². The van der Waals surface area contributed by atoms with E-state index in [9.17, 15) is 17.6 Å². The molecule has 2 aliphatic rings. The number of halogens is 1. The summed E-state index contributed by atoms with van der Waals surface area (Å²) in [6.45, 7) is 4.29. The molecular weight excluding hydrogens is 489 g/mol. The van der Waals surface area contributed by atoms with E-state index in [1.165, 1.54) is 39.9 Å². The van der Waals surface area contributed by atoms with Gasteiger partial charge < -0.3 is 9.64 Å². The van der Waals surface area contributed by atoms with Crippen molar-refractivity contribution in [2.24, 2.45) is 5.92 Å². The zero-order valence-electron chi connectivity index (χ0n) is 19.5. The molecule has 2 saturated heterocycles. The molecule has 2 aliphatic heterocycles. The lowest BCUT2D eigenvalue weighted by molar-refractivity contribution is 0.0595. The molecule has 186 valence electrons. The maximum atomic E-state index is 13.4. The molecule has 3 aromatic rings. The molecule has 0 N–H and O–H groups in total. The maximum absolute atomic E-state index is 13.4. The van der Waals surface area contributed by atoms with Crippen molar-refractivity contribution in [3.8, 4) is 5.19 Å². The highest BCUT2D eigenvalue weighted by Crippen LogP contribution is 2.30. The Morgan fingerprint density at radius 3 is 2.40 bits per heavy atom. The van der Waals surface area contributed by atoms with Crippen LogP contribution in [-0.4, -0.2) is 60.8 Å². The predicted octanol–water partition coefficient (Wildman–Crippen LogP) is 4.54. The number of thiazole rings is 1. The molecule has 3 heterocycles. The summed E-state index contributed by atoms with van der Waals surface area (Å²) in [5.41, 5.74) is 1.18. The first kappa shape index (κ1) is 24.1. The SMILES string of the molecule is CC1CCN(S(=O)(=O)c2ccc(C(=O)N3CCC(Oc4nc5ccc(F)cc5s4)CC3)cc2)CC1. The van der Waals surface area contributed by atoms with Gasteiger partial charge >= 0.3 is 0 Å². The molecule has 1 aromatic heterocycles. The Balaban J connectivity index is 1.17. The minimum absolute atomic E-state index is 0.0655. The fourth-order valence-electron chi connectivity index (χ4n) is 4.57. The number of sulfonamides is 1. The number of rotatable bonds is 5. The number of ether oxygens (including phenoxy) is 1. The van der Waals surface area contributed by atoms with Crippen LogP contribution in [-0.2, 0) is 10.0 Å². The zero-order chi connectivity index (χ0) is 24.6. The Hall–Kier alpha value is -2.56. The van der Waals surface area contributed by atoms with Gasteiger partial charge in [0.25, 0.3) is 11.1 Å². The molecule has 5 rings (SSSR count). The zero-order valence-corrected chi connectivity index (χ0v) is 21.2. The van der Waals surface area contributed by atoms with Crippen molar-refractivity contribution in [3.05, 3.63) is 53.8 Å². The van der Waals surface area contributed by atoms with Crippen LogP contribution in [0.3, 0.4) is 0 Å². The number of likely N-dealkylation sites (tertiary alicyclic amines) is 1. The number of piperidine rings is 2. The number of fused-ring (bicyclic) bond motifs is 1. The Bertz CT molecular complexity index is 1310. The number of hydrogen-bond donors (Lipinski definition) is 0. The molecule has 0 unspecified atom stereocenters. The summed E-state index contributed by atoms with van der Waals surface area (Å²) in [7, 11) is -3.54. The highest BCUT2D eigenvalue weighted by atomic mass is 32.2. The van der Waals surface area contributed by atoms with Crippen LogP contribution >= 0.6 is 11.3 Å². The van der Waals surface area contributed by atoms with Crippen molar-refractivity contribution in [1.82, 2.24) is 14.2 Å². The van der Waals surface area contributed by atoms with E-state index in [4.69, 9.17) is 4.74 Å². The molecule has 0 radical (unpaired) electrons. The van der Waals surface area contributed by atoms with Gasteiger partial charge in [0.2, 0.25) is 10.0 Å². The van der Waals surface area contributed by atoms with Crippen LogP contribution in [0.25, 0.3) is 10.2 Å². The van der Waals surface area contributed by atoms with Gasteiger partial charge in [0, 0.05) is 44.6 Å². The van der Waals surface area contributed by atoms with E-state index in [0.29, 0.717) is 61.2 Å². The molecule has 10 heteroatoms. The number of carbonyl (C=O) groups excluding carboxylic acids is 1. The number of nitrogens with zero attached hydrogens (tertiary/aromatic N) is 3. The summed E-state index contributed by atoms with van der Waals surface area (Å²) in [5.74, 6) is 0.128. The molecule has 2 fully saturated rings. The van der Waals surface area contributed by atoms with Crippen molar-refractivity contribution in [2.45, 2.75) is 43.6 Å². The summed E-state index contributed by atoms with van der Waals surface area (Å²) in [5, 5.41) is 0.510. The molecule has 35 heavy (non-hydrogen) atoms. The van der Waals surface area contributed by atoms with E-state index in [1.54, 1.807) is 23.1 Å². The first-order valence-corrected chi connectivity index (χ1v) is 14.2. The van der Waals surface area contributed by atoms with Gasteiger partial charge in [-0.3, -0.25) is 4.79 Å². The number of amides is 1. The predicted molar refractivity (Wildman–Crippen MR) is 133 cm³/mol. The highest BCUT2D eigenvalue weighted by Gasteiger charge is 2.29. The van der Waals surface area contributed by atoms with E-state index in [-0.39, 0.29) is 22.7 Å². The minimum Gasteiger partial charge on any atom is -0.467 e. The molecular formula is C25H28FN3O4S2. The van der Waals surface area contributed by atoms with Gasteiger partial charge in [0.1, 0.15) is 11.9 Å². The normalized spacial score (nSPS) is 18.7. The molecule has 0 aliphatic carbocycles. The number of aromatic nitrogens is 1. The molecule has 2 aromatic carbocycles. The van der Waals surface area contributed by atoms with Crippen molar-refractivity contribution in [3.63, 3.8) is 0 Å². The smallest absolute Gasteiger partial charge is 0.274 e. The van der Waals surface area contributed by atoms with Crippen LogP contribution in [0.2, 0.25) is 0 Å². The lowest BCUT2D eigenvalue weighted by Crippen LogP contribution is -2.41. The standard InChI is InChI=1S/C25H28FN3O4S2/c1-17-8-14-29(15-9-17)35(31,32)21-5-2-18(3-6-21)24(30)28-12-10-20(11-13-28)33-25-27-22-7-4-19(26)16-23(22)34-25/h2-7,16-17,20H,8-15H2,1H3. The highest BCUT2D eigenvalue weighted by molar-refractivity contribution is 7.89. The fraction of sp³-hybridized carbons (Fsp3) is 0.440. The van der Waals surface area contributed by atoms with Crippen LogP contribution in [0.15, 0.2) is 47.4 Å². The van der Waals surface area contributed by atoms with Gasteiger partial charge in [0.05, 0.1) is 15.1 Å². The fourth-order valence-corrected chi connectivity index (χ4v) is 6.95. The molecule has 1 amide bonds. The van der Waals surface area contributed by atoms with E-state index < -0.39 is 10.0 Å². The number of carbonyl (C=O) groups is 1. The Labute approximate surface area is 208 Å². The van der Waals surface area contributed by atoms with Gasteiger partial charge in [-0.15, -0.1) is 0 Å². The number of benzene rings is 2. The van der Waals surface area contributed by atoms with Gasteiger partial charge in [-0.2, -0.15) is 4.31 Å². The van der Waals surface area contributed by atoms with Crippen molar-refractivity contribution < 1.29 is 22.3 Å². The Kier molecular flexibility index (Phi) is 6.78. The summed E-state index contributed by atoms with van der Waals surface area (Å²) < 4.78 is 47.6. The maximum Gasteiger partial charge on any atom is 0.274 e. The van der Waals surface area contributed by atoms with Crippen LogP contribution in [0.1, 0.15) is 43.0 Å². The van der Waals surface area contributed by atoms with E-state index in [2.05, 4.69) is 11.9 Å². The van der Waals surface area contributed by atoms with E-state index in [0.717, 1.165) is 17.5 Å². The van der Waals surface area contributed by atoms with Crippen LogP contribution in [0.4, 0.5) is 4.39 Å². The molecule has 7 nitrogen and oxygen atoms in total. The Morgan fingerprint density at radius 1 is 1.03 bits per heavy atom. The average molecular weight is 518 g/mol. The number of hydrogen-bond acceptors (Lipinski definition) is 6. The van der Waals surface area contributed by atoms with Crippen molar-refractivity contribution >= 4 is 37.5 Å². The summed E-state index contributed by atoms with van der Waals surface area (Å²) in [4.78, 5) is 19.4. The third-order valence-corrected chi connectivity index (χ3v) is 9.63. The summed E-state index contributed by atoms with van der Waals surface area (Å²) in [6.07, 6.45) is 3.00. The minimum atomic E-state index is -3.54. The third-order valence-electron chi connectivity index (χ3n) is 6.81. The third kappa shape index (κ3) is 5.19. The molecule has 0 spiro atoms. The van der Waals surface area contributed by atoms with Crippen molar-refractivity contribution in [1.29, 1.82) is 0 Å². The Morgan fingerprint density at radius 2 is 1.71 bits per heavy atom. The molecule has 0 atom stereocenters.